The summed E-state index contributed by atoms with van der Waals surface area (Å²) >= 11 is 0. The molecule has 0 aliphatic carbocycles. The molecule has 0 atom stereocenters. The van der Waals surface area contributed by atoms with Gasteiger partial charge in [0.05, 0.1) is 19.1 Å². The van der Waals surface area contributed by atoms with E-state index in [1.54, 1.807) is 0 Å². The molecule has 0 radical (unpaired) electrons. The van der Waals surface area contributed by atoms with Gasteiger partial charge in [0.2, 0.25) is 0 Å². The van der Waals surface area contributed by atoms with E-state index < -0.39 is 18.4 Å². The standard InChI is InChI=1S/C6H9NO4/c1-11-6(10)4(3-7)2-5(8)9/h3H,2,7H2,1H3,(H,8,9)/b4-3-. The highest BCUT2D eigenvalue weighted by atomic mass is 16.5. The van der Waals surface area contributed by atoms with Crippen LogP contribution in [0.5, 0.6) is 0 Å². The lowest BCUT2D eigenvalue weighted by Crippen LogP contribution is -2.10. The third-order valence-electron chi connectivity index (χ3n) is 0.990. The van der Waals surface area contributed by atoms with Gasteiger partial charge in [-0.2, -0.15) is 0 Å². The molecule has 0 unspecified atom stereocenters. The fourth-order valence-electron chi connectivity index (χ4n) is 0.493. The van der Waals surface area contributed by atoms with Gasteiger partial charge in [0.15, 0.2) is 0 Å². The lowest BCUT2D eigenvalue weighted by Gasteiger charge is -1.99. The van der Waals surface area contributed by atoms with Gasteiger partial charge in [-0.25, -0.2) is 4.79 Å². The third-order valence-corrected chi connectivity index (χ3v) is 0.990. The molecule has 0 rings (SSSR count). The number of methoxy groups -OCH3 is 1. The molecule has 0 aromatic carbocycles. The number of carbonyl (C=O) groups excluding carboxylic acids is 1. The summed E-state index contributed by atoms with van der Waals surface area (Å²) in [7, 11) is 1.16. The lowest BCUT2D eigenvalue weighted by molar-refractivity contribution is -0.141. The van der Waals surface area contributed by atoms with Gasteiger partial charge >= 0.3 is 11.9 Å². The van der Waals surface area contributed by atoms with Gasteiger partial charge in [0.1, 0.15) is 0 Å². The average molecular weight is 159 g/mol. The zero-order valence-corrected chi connectivity index (χ0v) is 6.03. The number of rotatable bonds is 3. The SMILES string of the molecule is COC(=O)/C(=C\N)CC(=O)O. The normalized spacial score (nSPS) is 10.8. The molecule has 0 saturated heterocycles. The van der Waals surface area contributed by atoms with E-state index in [0.29, 0.717) is 0 Å². The molecule has 5 nitrogen and oxygen atoms in total. The average Bonchev–Trinajstić information content (AvgIpc) is 1.98. The Morgan fingerprint density at radius 1 is 1.64 bits per heavy atom. The van der Waals surface area contributed by atoms with Crippen LogP contribution in [0.2, 0.25) is 0 Å². The maximum absolute atomic E-state index is 10.6. The molecule has 3 N–H and O–H groups in total. The minimum atomic E-state index is -1.12. The molecule has 0 heterocycles. The molecule has 0 aromatic heterocycles. The van der Waals surface area contributed by atoms with Crippen molar-refractivity contribution in [3.8, 4) is 0 Å². The van der Waals surface area contributed by atoms with Gasteiger partial charge in [-0.1, -0.05) is 0 Å². The Labute approximate surface area is 63.4 Å². The van der Waals surface area contributed by atoms with E-state index in [9.17, 15) is 9.59 Å². The molecule has 0 aliphatic heterocycles. The fraction of sp³-hybridized carbons (Fsp3) is 0.333. The molecule has 0 aromatic rings. The number of hydrogen-bond acceptors (Lipinski definition) is 4. The quantitative estimate of drug-likeness (QED) is 0.427. The van der Waals surface area contributed by atoms with Crippen molar-refractivity contribution in [1.82, 2.24) is 0 Å². The van der Waals surface area contributed by atoms with Crippen LogP contribution in [0, 0.1) is 0 Å². The van der Waals surface area contributed by atoms with Crippen molar-refractivity contribution >= 4 is 11.9 Å². The van der Waals surface area contributed by atoms with Gasteiger partial charge in [0, 0.05) is 6.20 Å². The Balaban J connectivity index is 4.20. The Hall–Kier alpha value is -1.52. The Bertz CT molecular complexity index is 197. The highest BCUT2D eigenvalue weighted by Gasteiger charge is 2.12. The van der Waals surface area contributed by atoms with Crippen molar-refractivity contribution < 1.29 is 19.4 Å². The predicted molar refractivity (Wildman–Crippen MR) is 36.5 cm³/mol. The van der Waals surface area contributed by atoms with Crippen LogP contribution in [0.25, 0.3) is 0 Å². The van der Waals surface area contributed by atoms with E-state index in [1.165, 1.54) is 0 Å². The maximum atomic E-state index is 10.6. The maximum Gasteiger partial charge on any atom is 0.335 e. The summed E-state index contributed by atoms with van der Waals surface area (Å²) in [6.45, 7) is 0. The summed E-state index contributed by atoms with van der Waals surface area (Å²) in [5, 5.41) is 8.26. The van der Waals surface area contributed by atoms with Gasteiger partial charge in [-0.15, -0.1) is 0 Å². The summed E-state index contributed by atoms with van der Waals surface area (Å²) in [4.78, 5) is 20.7. The zero-order valence-electron chi connectivity index (χ0n) is 6.03. The monoisotopic (exact) mass is 159 g/mol. The topological polar surface area (TPSA) is 89.6 Å². The number of hydrogen-bond donors (Lipinski definition) is 2. The second-order valence-corrected chi connectivity index (χ2v) is 1.75. The van der Waals surface area contributed by atoms with Gasteiger partial charge in [0.25, 0.3) is 0 Å². The molecule has 0 amide bonds. The Kier molecular flexibility index (Phi) is 3.72. The Morgan fingerprint density at radius 2 is 2.18 bits per heavy atom. The molecular weight excluding hydrogens is 150 g/mol. The number of ether oxygens (including phenoxy) is 1. The summed E-state index contributed by atoms with van der Waals surface area (Å²) in [5.41, 5.74) is 4.92. The van der Waals surface area contributed by atoms with Crippen LogP contribution in [-0.4, -0.2) is 24.2 Å². The second kappa shape index (κ2) is 4.32. The van der Waals surface area contributed by atoms with Crippen LogP contribution in [0.1, 0.15) is 6.42 Å². The van der Waals surface area contributed by atoms with Crippen molar-refractivity contribution in [3.63, 3.8) is 0 Å². The van der Waals surface area contributed by atoms with Crippen LogP contribution < -0.4 is 5.73 Å². The predicted octanol–water partition coefficient (Wildman–Crippen LogP) is -0.523. The van der Waals surface area contributed by atoms with Crippen LogP contribution in [0.15, 0.2) is 11.8 Å². The zero-order chi connectivity index (χ0) is 8.85. The smallest absolute Gasteiger partial charge is 0.335 e. The van der Waals surface area contributed by atoms with Crippen LogP contribution >= 0.6 is 0 Å². The van der Waals surface area contributed by atoms with Crippen molar-refractivity contribution in [2.45, 2.75) is 6.42 Å². The van der Waals surface area contributed by atoms with Gasteiger partial charge in [-0.3, -0.25) is 4.79 Å². The van der Waals surface area contributed by atoms with E-state index in [2.05, 4.69) is 4.74 Å². The van der Waals surface area contributed by atoms with E-state index in [4.69, 9.17) is 10.8 Å². The summed E-state index contributed by atoms with van der Waals surface area (Å²) in [6, 6.07) is 0. The molecule has 0 bridgehead atoms. The van der Waals surface area contributed by atoms with Crippen molar-refractivity contribution in [3.05, 3.63) is 11.8 Å². The van der Waals surface area contributed by atoms with Crippen molar-refractivity contribution in [2.24, 2.45) is 5.73 Å². The van der Waals surface area contributed by atoms with Crippen LogP contribution in [0.3, 0.4) is 0 Å². The fourth-order valence-corrected chi connectivity index (χ4v) is 0.493. The largest absolute Gasteiger partial charge is 0.481 e. The van der Waals surface area contributed by atoms with Gasteiger partial charge < -0.3 is 15.6 Å². The summed E-state index contributed by atoms with van der Waals surface area (Å²) < 4.78 is 4.25. The minimum absolute atomic E-state index is 0.0556. The summed E-state index contributed by atoms with van der Waals surface area (Å²) in [5.74, 6) is -1.83. The number of carboxylic acid groups (broad SMARTS) is 1. The lowest BCUT2D eigenvalue weighted by atomic mass is 10.2. The van der Waals surface area contributed by atoms with Crippen LogP contribution in [-0.2, 0) is 14.3 Å². The molecule has 0 fully saturated rings. The first-order chi connectivity index (χ1) is 5.11. The molecule has 5 heteroatoms. The van der Waals surface area contributed by atoms with E-state index in [1.807, 2.05) is 0 Å². The van der Waals surface area contributed by atoms with E-state index in [-0.39, 0.29) is 5.57 Å². The first-order valence-electron chi connectivity index (χ1n) is 2.82. The molecular formula is C6H9NO4. The first kappa shape index (κ1) is 9.48. The second-order valence-electron chi connectivity index (χ2n) is 1.75. The highest BCUT2D eigenvalue weighted by molar-refractivity contribution is 5.93. The first-order valence-corrected chi connectivity index (χ1v) is 2.82. The molecule has 0 spiro atoms. The Morgan fingerprint density at radius 3 is 2.45 bits per heavy atom. The van der Waals surface area contributed by atoms with E-state index >= 15 is 0 Å². The highest BCUT2D eigenvalue weighted by Crippen LogP contribution is 2.00. The van der Waals surface area contributed by atoms with E-state index in [0.717, 1.165) is 13.3 Å². The van der Waals surface area contributed by atoms with Gasteiger partial charge in [-0.05, 0) is 0 Å². The third kappa shape index (κ3) is 3.24. The number of esters is 1. The molecule has 11 heavy (non-hydrogen) atoms. The molecule has 62 valence electrons. The van der Waals surface area contributed by atoms with Crippen molar-refractivity contribution in [1.29, 1.82) is 0 Å². The molecule has 0 aliphatic rings. The minimum Gasteiger partial charge on any atom is -0.481 e. The van der Waals surface area contributed by atoms with Crippen molar-refractivity contribution in [2.75, 3.05) is 7.11 Å². The number of aliphatic carboxylic acids is 1. The molecule has 0 saturated carbocycles. The number of carbonyl (C=O) groups is 2. The van der Waals surface area contributed by atoms with Crippen LogP contribution in [0.4, 0.5) is 0 Å². The number of carboxylic acids is 1. The summed E-state index contributed by atoms with van der Waals surface area (Å²) in [6.07, 6.45) is 0.517. The number of nitrogens with two attached hydrogens (primary N) is 1.